The van der Waals surface area contributed by atoms with Gasteiger partial charge in [-0.25, -0.2) is 9.97 Å². The zero-order chi connectivity index (χ0) is 17.9. The molecule has 0 unspecified atom stereocenters. The molecule has 128 valence electrons. The molecule has 0 saturated carbocycles. The minimum absolute atomic E-state index is 0.217. The highest BCUT2D eigenvalue weighted by Gasteiger charge is 2.05. The molecule has 6 heteroatoms. The summed E-state index contributed by atoms with van der Waals surface area (Å²) in [6.45, 7) is 0.640. The second-order valence-corrected chi connectivity index (χ2v) is 6.26. The second kappa shape index (κ2) is 6.98. The molecule has 5 nitrogen and oxygen atoms in total. The van der Waals surface area contributed by atoms with Crippen molar-refractivity contribution >= 4 is 28.6 Å². The van der Waals surface area contributed by atoms with Crippen molar-refractivity contribution in [3.8, 4) is 17.0 Å². The van der Waals surface area contributed by atoms with Crippen LogP contribution in [-0.4, -0.2) is 20.1 Å². The molecule has 0 radical (unpaired) electrons. The maximum absolute atomic E-state index is 9.42. The summed E-state index contributed by atoms with van der Waals surface area (Å²) in [6, 6.07) is 18.3. The van der Waals surface area contributed by atoms with Gasteiger partial charge in [-0.3, -0.25) is 4.98 Å². The highest BCUT2D eigenvalue weighted by molar-refractivity contribution is 6.30. The number of aromatic nitrogens is 3. The number of pyridine rings is 1. The Morgan fingerprint density at radius 1 is 0.885 bits per heavy atom. The number of aromatic hydroxyl groups is 1. The lowest BCUT2D eigenvalue weighted by molar-refractivity contribution is 0.475. The summed E-state index contributed by atoms with van der Waals surface area (Å²) in [5.74, 6) is 0.943. The molecule has 2 aromatic carbocycles. The van der Waals surface area contributed by atoms with E-state index >= 15 is 0 Å². The predicted octanol–water partition coefficient (Wildman–Crippen LogP) is 4.66. The van der Waals surface area contributed by atoms with Gasteiger partial charge in [0.05, 0.1) is 11.9 Å². The van der Waals surface area contributed by atoms with Crippen molar-refractivity contribution in [2.75, 3.05) is 5.32 Å². The van der Waals surface area contributed by atoms with E-state index in [2.05, 4.69) is 20.3 Å². The molecule has 0 aliphatic carbocycles. The van der Waals surface area contributed by atoms with Crippen LogP contribution in [0, 0.1) is 0 Å². The van der Waals surface area contributed by atoms with Gasteiger partial charge in [-0.2, -0.15) is 0 Å². The average Bonchev–Trinajstić information content (AvgIpc) is 2.67. The van der Waals surface area contributed by atoms with Gasteiger partial charge in [0.1, 0.15) is 17.1 Å². The number of fused-ring (bicyclic) bond motifs is 1. The van der Waals surface area contributed by atoms with Crippen molar-refractivity contribution in [1.82, 2.24) is 15.0 Å². The number of hydrogen-bond acceptors (Lipinski definition) is 5. The third-order valence-corrected chi connectivity index (χ3v) is 4.21. The molecule has 0 spiro atoms. The summed E-state index contributed by atoms with van der Waals surface area (Å²) in [5, 5.41) is 13.4. The molecule has 0 bridgehead atoms. The summed E-state index contributed by atoms with van der Waals surface area (Å²) in [5.41, 5.74) is 3.99. The van der Waals surface area contributed by atoms with Crippen LogP contribution >= 0.6 is 11.6 Å². The minimum atomic E-state index is 0.217. The van der Waals surface area contributed by atoms with Gasteiger partial charge in [-0.15, -0.1) is 0 Å². The summed E-state index contributed by atoms with van der Waals surface area (Å²) < 4.78 is 0. The first-order chi connectivity index (χ1) is 12.7. The van der Waals surface area contributed by atoms with E-state index in [9.17, 15) is 5.11 Å². The Labute approximate surface area is 155 Å². The minimum Gasteiger partial charge on any atom is -0.508 e. The molecule has 4 rings (SSSR count). The molecule has 0 amide bonds. The van der Waals surface area contributed by atoms with Gasteiger partial charge < -0.3 is 10.4 Å². The number of phenols is 1. The lowest BCUT2D eigenvalue weighted by Crippen LogP contribution is -2.02. The Morgan fingerprint density at radius 3 is 2.42 bits per heavy atom. The fraction of sp³-hybridized carbons (Fsp3) is 0.0500. The van der Waals surface area contributed by atoms with E-state index in [1.54, 1.807) is 30.5 Å². The molecule has 26 heavy (non-hydrogen) atoms. The van der Waals surface area contributed by atoms with Gasteiger partial charge in [-0.05, 0) is 54.1 Å². The standard InChI is InChI=1S/C20H15ClN4O/c21-15-5-1-13(2-6-15)11-23-19-10-9-17-20(25-19)24-18(12-22-17)14-3-7-16(26)8-4-14/h1-10,12,26H,11H2,(H,23,24,25). The topological polar surface area (TPSA) is 70.9 Å². The molecule has 0 aliphatic rings. The van der Waals surface area contributed by atoms with Crippen molar-refractivity contribution in [1.29, 1.82) is 0 Å². The Bertz CT molecular complexity index is 1050. The molecule has 4 aromatic rings. The third kappa shape index (κ3) is 3.58. The van der Waals surface area contributed by atoms with Crippen LogP contribution in [0.3, 0.4) is 0 Å². The van der Waals surface area contributed by atoms with Crippen molar-refractivity contribution in [3.05, 3.63) is 77.4 Å². The van der Waals surface area contributed by atoms with Crippen LogP contribution in [0.25, 0.3) is 22.4 Å². The van der Waals surface area contributed by atoms with Gasteiger partial charge in [0, 0.05) is 17.1 Å². The van der Waals surface area contributed by atoms with Crippen LogP contribution in [0.1, 0.15) is 5.56 Å². The zero-order valence-corrected chi connectivity index (χ0v) is 14.5. The maximum Gasteiger partial charge on any atom is 0.180 e. The summed E-state index contributed by atoms with van der Waals surface area (Å²) in [4.78, 5) is 13.6. The van der Waals surface area contributed by atoms with E-state index in [0.29, 0.717) is 17.9 Å². The lowest BCUT2D eigenvalue weighted by atomic mass is 10.1. The Kier molecular flexibility index (Phi) is 4.37. The number of benzene rings is 2. The lowest BCUT2D eigenvalue weighted by Gasteiger charge is -2.07. The van der Waals surface area contributed by atoms with Gasteiger partial charge in [0.25, 0.3) is 0 Å². The second-order valence-electron chi connectivity index (χ2n) is 5.82. The van der Waals surface area contributed by atoms with E-state index < -0.39 is 0 Å². The number of hydrogen-bond donors (Lipinski definition) is 2. The van der Waals surface area contributed by atoms with Crippen molar-refractivity contribution in [2.45, 2.75) is 6.54 Å². The Morgan fingerprint density at radius 2 is 1.65 bits per heavy atom. The molecule has 2 aromatic heterocycles. The number of halogens is 1. The number of phenolic OH excluding ortho intramolecular Hbond substituents is 1. The molecule has 2 N–H and O–H groups in total. The number of nitrogens with one attached hydrogen (secondary N) is 1. The van der Waals surface area contributed by atoms with Crippen LogP contribution in [0.4, 0.5) is 5.82 Å². The van der Waals surface area contributed by atoms with Crippen LogP contribution in [0.5, 0.6) is 5.75 Å². The molecule has 2 heterocycles. The smallest absolute Gasteiger partial charge is 0.180 e. The fourth-order valence-corrected chi connectivity index (χ4v) is 2.69. The first kappa shape index (κ1) is 16.3. The maximum atomic E-state index is 9.42. The Hall–Kier alpha value is -3.18. The van der Waals surface area contributed by atoms with E-state index in [4.69, 9.17) is 11.6 Å². The number of anilines is 1. The molecule has 0 saturated heterocycles. The van der Waals surface area contributed by atoms with E-state index in [1.165, 1.54) is 0 Å². The fourth-order valence-electron chi connectivity index (χ4n) is 2.56. The first-order valence-electron chi connectivity index (χ1n) is 8.09. The van der Waals surface area contributed by atoms with Crippen LogP contribution in [-0.2, 0) is 6.54 Å². The van der Waals surface area contributed by atoms with Gasteiger partial charge in [0.2, 0.25) is 0 Å². The largest absolute Gasteiger partial charge is 0.508 e. The van der Waals surface area contributed by atoms with Crippen LogP contribution < -0.4 is 5.32 Å². The van der Waals surface area contributed by atoms with Gasteiger partial charge >= 0.3 is 0 Å². The highest BCUT2D eigenvalue weighted by Crippen LogP contribution is 2.21. The van der Waals surface area contributed by atoms with Crippen molar-refractivity contribution in [2.24, 2.45) is 0 Å². The molecule has 0 atom stereocenters. The van der Waals surface area contributed by atoms with E-state index in [0.717, 1.165) is 27.5 Å². The third-order valence-electron chi connectivity index (χ3n) is 3.96. The van der Waals surface area contributed by atoms with Crippen molar-refractivity contribution < 1.29 is 5.11 Å². The van der Waals surface area contributed by atoms with Gasteiger partial charge in [-0.1, -0.05) is 23.7 Å². The van der Waals surface area contributed by atoms with E-state index in [-0.39, 0.29) is 5.75 Å². The summed E-state index contributed by atoms with van der Waals surface area (Å²) in [7, 11) is 0. The van der Waals surface area contributed by atoms with Crippen molar-refractivity contribution in [3.63, 3.8) is 0 Å². The van der Waals surface area contributed by atoms with Crippen LogP contribution in [0.2, 0.25) is 5.02 Å². The molecule has 0 aliphatic heterocycles. The molecule has 0 fully saturated rings. The average molecular weight is 363 g/mol. The van der Waals surface area contributed by atoms with Gasteiger partial charge in [0.15, 0.2) is 5.65 Å². The zero-order valence-electron chi connectivity index (χ0n) is 13.7. The summed E-state index contributed by atoms with van der Waals surface area (Å²) >= 11 is 5.91. The van der Waals surface area contributed by atoms with Crippen LogP contribution in [0.15, 0.2) is 66.9 Å². The monoisotopic (exact) mass is 362 g/mol. The predicted molar refractivity (Wildman–Crippen MR) is 103 cm³/mol. The number of rotatable bonds is 4. The summed E-state index contributed by atoms with van der Waals surface area (Å²) in [6.07, 6.45) is 1.71. The molecular formula is C20H15ClN4O. The SMILES string of the molecule is Oc1ccc(-c2cnc3ccc(NCc4ccc(Cl)cc4)nc3n2)cc1. The Balaban J connectivity index is 1.58. The van der Waals surface area contributed by atoms with E-state index in [1.807, 2.05) is 36.4 Å². The quantitative estimate of drug-likeness (QED) is 0.552. The molecular weight excluding hydrogens is 348 g/mol. The number of nitrogens with zero attached hydrogens (tertiary/aromatic N) is 3. The first-order valence-corrected chi connectivity index (χ1v) is 8.47. The normalized spacial score (nSPS) is 10.8. The highest BCUT2D eigenvalue weighted by atomic mass is 35.5.